The van der Waals surface area contributed by atoms with Gasteiger partial charge < -0.3 is 9.80 Å². The smallest absolute Gasteiger partial charge is 0.246 e. The predicted molar refractivity (Wildman–Crippen MR) is 123 cm³/mol. The van der Waals surface area contributed by atoms with E-state index in [0.717, 1.165) is 56.6 Å². The number of hydrogen-bond donors (Lipinski definition) is 0. The number of benzene rings is 1. The van der Waals surface area contributed by atoms with Gasteiger partial charge in [-0.05, 0) is 77.8 Å². The van der Waals surface area contributed by atoms with E-state index < -0.39 is 0 Å². The molecule has 0 radical (unpaired) electrons. The number of nitrogens with zero attached hydrogens (tertiary/aromatic N) is 2. The molecule has 2 aliphatic rings. The first-order valence-electron chi connectivity index (χ1n) is 10.5. The molecule has 0 bridgehead atoms. The summed E-state index contributed by atoms with van der Waals surface area (Å²) in [6.07, 6.45) is 6.52. The first-order valence-corrected chi connectivity index (χ1v) is 11.8. The largest absolute Gasteiger partial charge is 0.342 e. The van der Waals surface area contributed by atoms with E-state index in [1.165, 1.54) is 0 Å². The van der Waals surface area contributed by atoms with E-state index in [-0.39, 0.29) is 23.1 Å². The van der Waals surface area contributed by atoms with Gasteiger partial charge in [-0.15, -0.1) is 0 Å². The van der Waals surface area contributed by atoms with Crippen molar-refractivity contribution in [2.75, 3.05) is 26.2 Å². The van der Waals surface area contributed by atoms with Gasteiger partial charge in [0.1, 0.15) is 0 Å². The first-order chi connectivity index (χ1) is 14.5. The average molecular weight is 443 g/mol. The van der Waals surface area contributed by atoms with Gasteiger partial charge in [-0.25, -0.2) is 0 Å². The second kappa shape index (κ2) is 8.94. The summed E-state index contributed by atoms with van der Waals surface area (Å²) in [5.74, 6) is 0.103. The summed E-state index contributed by atoms with van der Waals surface area (Å²) >= 11 is 7.60. The Morgan fingerprint density at radius 3 is 2.37 bits per heavy atom. The molecule has 4 nitrogen and oxygen atoms in total. The Bertz CT molecular complexity index is 915. The molecule has 1 spiro atoms. The maximum atomic E-state index is 13.0. The summed E-state index contributed by atoms with van der Waals surface area (Å²) in [5, 5.41) is 4.73. The van der Waals surface area contributed by atoms with Crippen LogP contribution in [0.2, 0.25) is 5.02 Å². The third kappa shape index (κ3) is 4.62. The summed E-state index contributed by atoms with van der Waals surface area (Å²) in [5.41, 5.74) is 2.23. The van der Waals surface area contributed by atoms with E-state index in [2.05, 4.69) is 0 Å². The van der Waals surface area contributed by atoms with Crippen molar-refractivity contribution in [3.05, 3.63) is 63.3 Å². The Hall–Kier alpha value is -2.11. The van der Waals surface area contributed by atoms with Crippen molar-refractivity contribution in [1.29, 1.82) is 0 Å². The third-order valence-electron chi connectivity index (χ3n) is 6.59. The lowest BCUT2D eigenvalue weighted by atomic mass is 9.77. The fourth-order valence-electron chi connectivity index (χ4n) is 4.54. The molecule has 0 aliphatic carbocycles. The van der Waals surface area contributed by atoms with E-state index >= 15 is 0 Å². The van der Waals surface area contributed by atoms with Crippen molar-refractivity contribution in [2.24, 2.45) is 5.41 Å². The zero-order valence-corrected chi connectivity index (χ0v) is 18.8. The molecule has 3 heterocycles. The molecular formula is C24H27ClN2O2S. The summed E-state index contributed by atoms with van der Waals surface area (Å²) in [7, 11) is 0. The molecule has 1 atom stereocenters. The minimum absolute atomic E-state index is 0.0818. The molecule has 158 valence electrons. The highest BCUT2D eigenvalue weighted by Crippen LogP contribution is 2.41. The molecule has 1 aromatic carbocycles. The molecule has 0 saturated carbocycles. The van der Waals surface area contributed by atoms with Gasteiger partial charge in [0.05, 0.1) is 5.92 Å². The monoisotopic (exact) mass is 442 g/mol. The van der Waals surface area contributed by atoms with Crippen LogP contribution < -0.4 is 0 Å². The van der Waals surface area contributed by atoms with Gasteiger partial charge in [0.25, 0.3) is 0 Å². The molecule has 1 aromatic heterocycles. The van der Waals surface area contributed by atoms with Crippen molar-refractivity contribution >= 4 is 40.8 Å². The number of thiophene rings is 1. The lowest BCUT2D eigenvalue weighted by Crippen LogP contribution is -2.44. The zero-order chi connectivity index (χ0) is 21.1. The van der Waals surface area contributed by atoms with Crippen molar-refractivity contribution in [3.8, 4) is 0 Å². The van der Waals surface area contributed by atoms with Crippen LogP contribution in [0, 0.1) is 5.41 Å². The minimum atomic E-state index is -0.165. The summed E-state index contributed by atoms with van der Waals surface area (Å²) < 4.78 is 0. The molecule has 1 unspecified atom stereocenters. The van der Waals surface area contributed by atoms with Gasteiger partial charge in [-0.3, -0.25) is 9.59 Å². The Morgan fingerprint density at radius 1 is 1.07 bits per heavy atom. The van der Waals surface area contributed by atoms with Crippen molar-refractivity contribution in [1.82, 2.24) is 9.80 Å². The minimum Gasteiger partial charge on any atom is -0.342 e. The van der Waals surface area contributed by atoms with Crippen molar-refractivity contribution < 1.29 is 9.59 Å². The molecule has 4 rings (SSSR count). The number of hydrogen-bond acceptors (Lipinski definition) is 3. The van der Waals surface area contributed by atoms with Crippen LogP contribution in [0.25, 0.3) is 6.08 Å². The number of carbonyl (C=O) groups excluding carboxylic acids is 2. The number of piperidine rings is 1. The lowest BCUT2D eigenvalue weighted by Gasteiger charge is -2.39. The van der Waals surface area contributed by atoms with E-state index in [4.69, 9.17) is 11.6 Å². The van der Waals surface area contributed by atoms with Crippen LogP contribution in [0.4, 0.5) is 0 Å². The van der Waals surface area contributed by atoms with Gasteiger partial charge in [-0.1, -0.05) is 23.7 Å². The lowest BCUT2D eigenvalue weighted by molar-refractivity contribution is -0.133. The number of carbonyl (C=O) groups is 2. The van der Waals surface area contributed by atoms with Crippen LogP contribution in [-0.4, -0.2) is 47.8 Å². The van der Waals surface area contributed by atoms with Crippen molar-refractivity contribution in [3.63, 3.8) is 0 Å². The second-order valence-corrected chi connectivity index (χ2v) is 9.71. The number of rotatable bonds is 4. The quantitative estimate of drug-likeness (QED) is 0.621. The SMILES string of the molecule is CC(C(=O)N1CCC2(CCN(C(=O)C=Cc3ccsc3)CC2)C1)c1ccc(Cl)cc1. The molecule has 2 amide bonds. The fraction of sp³-hybridized carbons (Fsp3) is 0.417. The predicted octanol–water partition coefficient (Wildman–Crippen LogP) is 5.06. The van der Waals surface area contributed by atoms with Crippen LogP contribution in [0.5, 0.6) is 0 Å². The van der Waals surface area contributed by atoms with Gasteiger partial charge >= 0.3 is 0 Å². The Balaban J connectivity index is 1.31. The summed E-state index contributed by atoms with van der Waals surface area (Å²) in [4.78, 5) is 29.5. The van der Waals surface area contributed by atoms with E-state index in [1.54, 1.807) is 17.4 Å². The maximum Gasteiger partial charge on any atom is 0.246 e. The molecule has 2 aromatic rings. The van der Waals surface area contributed by atoms with Gasteiger partial charge in [0, 0.05) is 37.3 Å². The van der Waals surface area contributed by atoms with Crippen LogP contribution in [0.15, 0.2) is 47.2 Å². The van der Waals surface area contributed by atoms with Crippen LogP contribution >= 0.6 is 22.9 Å². The normalized spacial score (nSPS) is 19.5. The summed E-state index contributed by atoms with van der Waals surface area (Å²) in [6.45, 7) is 5.11. The third-order valence-corrected chi connectivity index (χ3v) is 7.54. The average Bonchev–Trinajstić information content (AvgIpc) is 3.43. The zero-order valence-electron chi connectivity index (χ0n) is 17.2. The van der Waals surface area contributed by atoms with E-state index in [9.17, 15) is 9.59 Å². The Morgan fingerprint density at radius 2 is 1.73 bits per heavy atom. The molecule has 0 N–H and O–H groups in total. The van der Waals surface area contributed by atoms with Crippen LogP contribution in [0.3, 0.4) is 0 Å². The van der Waals surface area contributed by atoms with E-state index in [0.29, 0.717) is 5.02 Å². The Labute approximate surface area is 187 Å². The second-order valence-electron chi connectivity index (χ2n) is 8.50. The summed E-state index contributed by atoms with van der Waals surface area (Å²) in [6, 6.07) is 9.56. The number of halogens is 1. The molecule has 2 saturated heterocycles. The number of likely N-dealkylation sites (tertiary alicyclic amines) is 2. The molecule has 6 heteroatoms. The van der Waals surface area contributed by atoms with Gasteiger partial charge in [0.2, 0.25) is 11.8 Å². The van der Waals surface area contributed by atoms with Crippen molar-refractivity contribution in [2.45, 2.75) is 32.1 Å². The van der Waals surface area contributed by atoms with Crippen LogP contribution in [0.1, 0.15) is 43.2 Å². The number of amides is 2. The first kappa shape index (κ1) is 21.1. The Kier molecular flexibility index (Phi) is 6.30. The highest BCUT2D eigenvalue weighted by atomic mass is 35.5. The fourth-order valence-corrected chi connectivity index (χ4v) is 5.30. The highest BCUT2D eigenvalue weighted by molar-refractivity contribution is 7.08. The molecular weight excluding hydrogens is 416 g/mol. The van der Waals surface area contributed by atoms with Gasteiger partial charge in [0.15, 0.2) is 0 Å². The molecule has 2 fully saturated rings. The standard InChI is InChI=1S/C24H27ClN2O2S/c1-18(20-3-5-21(25)6-4-20)23(29)27-14-11-24(17-27)9-12-26(13-10-24)22(28)7-2-19-8-15-30-16-19/h2-8,15-16,18H,9-14,17H2,1H3. The molecule has 2 aliphatic heterocycles. The topological polar surface area (TPSA) is 40.6 Å². The van der Waals surface area contributed by atoms with E-state index in [1.807, 2.05) is 63.9 Å². The van der Waals surface area contributed by atoms with Crippen LogP contribution in [-0.2, 0) is 9.59 Å². The van der Waals surface area contributed by atoms with Gasteiger partial charge in [-0.2, -0.15) is 11.3 Å². The highest BCUT2D eigenvalue weighted by Gasteiger charge is 2.43. The maximum absolute atomic E-state index is 13.0. The molecule has 30 heavy (non-hydrogen) atoms.